The van der Waals surface area contributed by atoms with E-state index >= 15 is 0 Å². The number of rotatable bonds is 5. The Bertz CT molecular complexity index is 379. The fourth-order valence-electron chi connectivity index (χ4n) is 3.39. The van der Waals surface area contributed by atoms with Crippen molar-refractivity contribution in [2.75, 3.05) is 0 Å². The zero-order chi connectivity index (χ0) is 14.9. The molecule has 4 heteroatoms. The van der Waals surface area contributed by atoms with E-state index in [0.717, 1.165) is 6.42 Å². The summed E-state index contributed by atoms with van der Waals surface area (Å²) < 4.78 is 0. The van der Waals surface area contributed by atoms with Crippen molar-refractivity contribution in [2.24, 2.45) is 11.8 Å². The minimum absolute atomic E-state index is 0.0311. The molecule has 0 aromatic rings. The van der Waals surface area contributed by atoms with Crippen molar-refractivity contribution in [3.8, 4) is 0 Å². The molecular formula is C16H28N2O2. The van der Waals surface area contributed by atoms with E-state index in [2.05, 4.69) is 19.2 Å². The highest BCUT2D eigenvalue weighted by molar-refractivity contribution is 5.97. The lowest BCUT2D eigenvalue weighted by atomic mass is 9.78. The van der Waals surface area contributed by atoms with Crippen LogP contribution in [0.5, 0.6) is 0 Å². The monoisotopic (exact) mass is 280 g/mol. The lowest BCUT2D eigenvalue weighted by Crippen LogP contribution is -2.67. The molecule has 1 heterocycles. The minimum Gasteiger partial charge on any atom is -0.342 e. The van der Waals surface area contributed by atoms with Gasteiger partial charge in [-0.3, -0.25) is 9.59 Å². The molecule has 0 aromatic carbocycles. The molecule has 1 aliphatic carbocycles. The number of hydrogen-bond donors (Lipinski definition) is 1. The molecule has 2 aliphatic rings. The Hall–Kier alpha value is -1.06. The van der Waals surface area contributed by atoms with Crippen LogP contribution in [0.15, 0.2) is 0 Å². The number of piperazine rings is 1. The largest absolute Gasteiger partial charge is 0.342 e. The molecule has 114 valence electrons. The Morgan fingerprint density at radius 1 is 1.25 bits per heavy atom. The van der Waals surface area contributed by atoms with E-state index < -0.39 is 0 Å². The Morgan fingerprint density at radius 2 is 1.90 bits per heavy atom. The number of carbonyl (C=O) groups excluding carboxylic acids is 2. The molecule has 1 saturated carbocycles. The van der Waals surface area contributed by atoms with Crippen LogP contribution in [0.1, 0.15) is 59.8 Å². The van der Waals surface area contributed by atoms with Gasteiger partial charge in [-0.1, -0.05) is 33.6 Å². The molecule has 20 heavy (non-hydrogen) atoms. The van der Waals surface area contributed by atoms with Gasteiger partial charge in [-0.2, -0.15) is 0 Å². The Morgan fingerprint density at radius 3 is 2.35 bits per heavy atom. The molecule has 0 spiro atoms. The van der Waals surface area contributed by atoms with Crippen LogP contribution >= 0.6 is 0 Å². The number of nitrogens with one attached hydrogen (secondary N) is 1. The second-order valence-corrected chi connectivity index (χ2v) is 6.47. The number of carbonyl (C=O) groups is 2. The maximum Gasteiger partial charge on any atom is 0.246 e. The van der Waals surface area contributed by atoms with E-state index in [0.29, 0.717) is 12.3 Å². The highest BCUT2D eigenvalue weighted by Crippen LogP contribution is 2.34. The molecule has 1 saturated heterocycles. The third kappa shape index (κ3) is 2.57. The summed E-state index contributed by atoms with van der Waals surface area (Å²) in [7, 11) is 0. The van der Waals surface area contributed by atoms with Gasteiger partial charge < -0.3 is 10.2 Å². The van der Waals surface area contributed by atoms with Gasteiger partial charge >= 0.3 is 0 Å². The van der Waals surface area contributed by atoms with Gasteiger partial charge in [-0.15, -0.1) is 0 Å². The first-order chi connectivity index (χ1) is 9.51. The van der Waals surface area contributed by atoms with Gasteiger partial charge in [0.25, 0.3) is 0 Å². The van der Waals surface area contributed by atoms with Crippen molar-refractivity contribution in [1.82, 2.24) is 10.2 Å². The van der Waals surface area contributed by atoms with Gasteiger partial charge in [-0.25, -0.2) is 0 Å². The normalized spacial score (nSPS) is 30.7. The Balaban J connectivity index is 2.22. The molecule has 2 amide bonds. The lowest BCUT2D eigenvalue weighted by Gasteiger charge is -2.47. The zero-order valence-corrected chi connectivity index (χ0v) is 13.2. The van der Waals surface area contributed by atoms with Crippen LogP contribution in [-0.4, -0.2) is 34.8 Å². The average molecular weight is 280 g/mol. The first kappa shape index (κ1) is 15.3. The van der Waals surface area contributed by atoms with Gasteiger partial charge in [0.2, 0.25) is 11.8 Å². The number of nitrogens with zero attached hydrogens (tertiary/aromatic N) is 1. The molecule has 1 aliphatic heterocycles. The van der Waals surface area contributed by atoms with Crippen LogP contribution < -0.4 is 5.32 Å². The van der Waals surface area contributed by atoms with Crippen LogP contribution in [0.25, 0.3) is 0 Å². The first-order valence-corrected chi connectivity index (χ1v) is 8.13. The number of amides is 2. The van der Waals surface area contributed by atoms with Crippen molar-refractivity contribution in [3.05, 3.63) is 0 Å². The summed E-state index contributed by atoms with van der Waals surface area (Å²) in [5, 5.41) is 2.95. The highest BCUT2D eigenvalue weighted by atomic mass is 16.2. The molecule has 4 nitrogen and oxygen atoms in total. The fraction of sp³-hybridized carbons (Fsp3) is 0.875. The van der Waals surface area contributed by atoms with Gasteiger partial charge in [0.05, 0.1) is 0 Å². The summed E-state index contributed by atoms with van der Waals surface area (Å²) in [5.41, 5.74) is 0. The summed E-state index contributed by atoms with van der Waals surface area (Å²) in [6.07, 6.45) is 5.24. The number of hydrogen-bond acceptors (Lipinski definition) is 2. The van der Waals surface area contributed by atoms with Crippen molar-refractivity contribution >= 4 is 11.8 Å². The summed E-state index contributed by atoms with van der Waals surface area (Å²) in [6.45, 7) is 8.22. The van der Waals surface area contributed by atoms with E-state index in [9.17, 15) is 9.59 Å². The summed E-state index contributed by atoms with van der Waals surface area (Å²) in [4.78, 5) is 27.1. The van der Waals surface area contributed by atoms with Crippen molar-refractivity contribution in [2.45, 2.75) is 77.9 Å². The van der Waals surface area contributed by atoms with Crippen molar-refractivity contribution < 1.29 is 9.59 Å². The zero-order valence-electron chi connectivity index (χ0n) is 13.2. The SMILES string of the molecule is CCC(C)C1NC(=O)C(CC)N(C(C)C2CCC2)C1=O. The summed E-state index contributed by atoms with van der Waals surface area (Å²) in [5.74, 6) is 0.936. The smallest absolute Gasteiger partial charge is 0.246 e. The molecular weight excluding hydrogens is 252 g/mol. The predicted molar refractivity (Wildman–Crippen MR) is 79.1 cm³/mol. The predicted octanol–water partition coefficient (Wildman–Crippen LogP) is 2.33. The lowest BCUT2D eigenvalue weighted by molar-refractivity contribution is -0.155. The molecule has 2 fully saturated rings. The molecule has 2 rings (SSSR count). The van der Waals surface area contributed by atoms with Crippen LogP contribution in [0.4, 0.5) is 0 Å². The van der Waals surface area contributed by atoms with Crippen LogP contribution in [0, 0.1) is 11.8 Å². The van der Waals surface area contributed by atoms with Gasteiger partial charge in [0, 0.05) is 6.04 Å². The van der Waals surface area contributed by atoms with Crippen LogP contribution in [-0.2, 0) is 9.59 Å². The van der Waals surface area contributed by atoms with Gasteiger partial charge in [-0.05, 0) is 38.0 Å². The molecule has 0 bridgehead atoms. The second kappa shape index (κ2) is 6.15. The average Bonchev–Trinajstić information content (AvgIpc) is 2.37. The fourth-order valence-corrected chi connectivity index (χ4v) is 3.39. The standard InChI is InChI=1S/C16H28N2O2/c1-5-10(3)14-16(20)18(11(4)12-8-7-9-12)13(6-2)15(19)17-14/h10-14H,5-9H2,1-4H3,(H,17,19). The molecule has 4 unspecified atom stereocenters. The van der Waals surface area contributed by atoms with Gasteiger partial charge in [0.1, 0.15) is 12.1 Å². The molecule has 4 atom stereocenters. The first-order valence-electron chi connectivity index (χ1n) is 8.13. The third-order valence-electron chi connectivity index (χ3n) is 5.33. The quantitative estimate of drug-likeness (QED) is 0.840. The molecule has 1 N–H and O–H groups in total. The summed E-state index contributed by atoms with van der Waals surface area (Å²) in [6, 6.07) is -0.421. The van der Waals surface area contributed by atoms with E-state index in [-0.39, 0.29) is 35.9 Å². The van der Waals surface area contributed by atoms with Crippen LogP contribution in [0.2, 0.25) is 0 Å². The Labute approximate surface area is 122 Å². The maximum atomic E-state index is 12.8. The van der Waals surface area contributed by atoms with E-state index in [1.807, 2.05) is 18.7 Å². The van der Waals surface area contributed by atoms with Crippen LogP contribution in [0.3, 0.4) is 0 Å². The topological polar surface area (TPSA) is 49.4 Å². The minimum atomic E-state index is -0.335. The Kier molecular flexibility index (Phi) is 4.71. The molecule has 0 aromatic heterocycles. The third-order valence-corrected chi connectivity index (χ3v) is 5.33. The summed E-state index contributed by atoms with van der Waals surface area (Å²) >= 11 is 0. The highest BCUT2D eigenvalue weighted by Gasteiger charge is 2.45. The van der Waals surface area contributed by atoms with Crippen molar-refractivity contribution in [1.29, 1.82) is 0 Å². The van der Waals surface area contributed by atoms with E-state index in [1.165, 1.54) is 19.3 Å². The van der Waals surface area contributed by atoms with E-state index in [1.54, 1.807) is 0 Å². The second-order valence-electron chi connectivity index (χ2n) is 6.47. The van der Waals surface area contributed by atoms with E-state index in [4.69, 9.17) is 0 Å². The molecule has 0 radical (unpaired) electrons. The van der Waals surface area contributed by atoms with Crippen molar-refractivity contribution in [3.63, 3.8) is 0 Å². The van der Waals surface area contributed by atoms with Gasteiger partial charge in [0.15, 0.2) is 0 Å². The maximum absolute atomic E-state index is 12.8.